The fourth-order valence-corrected chi connectivity index (χ4v) is 3.60. The number of carbonyl (C=O) groups is 1. The second kappa shape index (κ2) is 6.72. The van der Waals surface area contributed by atoms with Gasteiger partial charge in [-0.3, -0.25) is 4.79 Å². The van der Waals surface area contributed by atoms with Gasteiger partial charge in [-0.15, -0.1) is 11.3 Å². The number of rotatable bonds is 4. The van der Waals surface area contributed by atoms with Gasteiger partial charge >= 0.3 is 0 Å². The normalized spacial score (nSPS) is 14.1. The fraction of sp³-hybridized carbons (Fsp3) is 0.500. The van der Waals surface area contributed by atoms with Gasteiger partial charge in [-0.05, 0) is 26.7 Å². The zero-order chi connectivity index (χ0) is 17.3. The summed E-state index contributed by atoms with van der Waals surface area (Å²) < 4.78 is 0. The number of nitrogens with zero attached hydrogens (tertiary/aromatic N) is 5. The average Bonchev–Trinajstić information content (AvgIpc) is 3.17. The Bertz CT molecular complexity index is 751. The van der Waals surface area contributed by atoms with Crippen LogP contribution in [-0.4, -0.2) is 48.0 Å². The number of carbonyl (C=O) groups excluding carboxylic acids is 1. The SMILES string of the molecule is Cc1nc(C)c(C(=O)Nc2cnc(N3CCCC3)nc2N(C)C)s1. The Kier molecular flexibility index (Phi) is 4.66. The predicted octanol–water partition coefficient (Wildman–Crippen LogP) is 2.47. The van der Waals surface area contributed by atoms with E-state index in [0.717, 1.165) is 29.7 Å². The fourth-order valence-electron chi connectivity index (χ4n) is 2.78. The van der Waals surface area contributed by atoms with Gasteiger partial charge in [-0.25, -0.2) is 9.97 Å². The highest BCUT2D eigenvalue weighted by Gasteiger charge is 2.20. The van der Waals surface area contributed by atoms with Gasteiger partial charge in [0, 0.05) is 27.2 Å². The van der Waals surface area contributed by atoms with E-state index in [1.165, 1.54) is 24.2 Å². The maximum Gasteiger partial charge on any atom is 0.267 e. The summed E-state index contributed by atoms with van der Waals surface area (Å²) in [6.45, 7) is 5.71. The summed E-state index contributed by atoms with van der Waals surface area (Å²) in [6.07, 6.45) is 4.03. The first-order valence-corrected chi connectivity index (χ1v) is 8.82. The van der Waals surface area contributed by atoms with Crippen molar-refractivity contribution in [2.45, 2.75) is 26.7 Å². The molecule has 2 aromatic heterocycles. The lowest BCUT2D eigenvalue weighted by molar-refractivity contribution is 0.102. The van der Waals surface area contributed by atoms with E-state index in [0.29, 0.717) is 16.4 Å². The number of aromatic nitrogens is 3. The van der Waals surface area contributed by atoms with Crippen LogP contribution in [0, 0.1) is 13.8 Å². The van der Waals surface area contributed by atoms with E-state index in [1.807, 2.05) is 32.8 Å². The highest BCUT2D eigenvalue weighted by Crippen LogP contribution is 2.27. The van der Waals surface area contributed by atoms with Crippen molar-refractivity contribution in [2.75, 3.05) is 42.3 Å². The minimum absolute atomic E-state index is 0.168. The van der Waals surface area contributed by atoms with Gasteiger partial charge in [0.1, 0.15) is 10.6 Å². The molecular weight excluding hydrogens is 324 g/mol. The van der Waals surface area contributed by atoms with Crippen LogP contribution in [-0.2, 0) is 0 Å². The second-order valence-corrected chi connectivity index (χ2v) is 7.30. The largest absolute Gasteiger partial charge is 0.361 e. The quantitative estimate of drug-likeness (QED) is 0.917. The molecule has 0 radical (unpaired) electrons. The van der Waals surface area contributed by atoms with Crippen LogP contribution in [0.4, 0.5) is 17.5 Å². The Morgan fingerprint density at radius 2 is 1.96 bits per heavy atom. The van der Waals surface area contributed by atoms with Gasteiger partial charge in [-0.2, -0.15) is 4.98 Å². The molecule has 0 spiro atoms. The number of hydrogen-bond acceptors (Lipinski definition) is 7. The molecule has 3 heterocycles. The van der Waals surface area contributed by atoms with Crippen LogP contribution in [0.1, 0.15) is 33.2 Å². The van der Waals surface area contributed by atoms with Crippen LogP contribution in [0.3, 0.4) is 0 Å². The Balaban J connectivity index is 1.86. The van der Waals surface area contributed by atoms with Crippen molar-refractivity contribution in [3.63, 3.8) is 0 Å². The van der Waals surface area contributed by atoms with Crippen LogP contribution >= 0.6 is 11.3 Å². The average molecular weight is 346 g/mol. The summed E-state index contributed by atoms with van der Waals surface area (Å²) in [5, 5.41) is 3.81. The van der Waals surface area contributed by atoms with Crippen molar-refractivity contribution in [1.29, 1.82) is 0 Å². The number of nitrogens with one attached hydrogen (secondary N) is 1. The molecule has 1 amide bonds. The van der Waals surface area contributed by atoms with E-state index in [9.17, 15) is 4.79 Å². The number of anilines is 3. The van der Waals surface area contributed by atoms with Gasteiger partial charge in [0.2, 0.25) is 5.95 Å². The molecule has 0 aromatic carbocycles. The maximum absolute atomic E-state index is 12.5. The lowest BCUT2D eigenvalue weighted by Gasteiger charge is -2.20. The first kappa shape index (κ1) is 16.6. The summed E-state index contributed by atoms with van der Waals surface area (Å²) in [6, 6.07) is 0. The smallest absolute Gasteiger partial charge is 0.267 e. The van der Waals surface area contributed by atoms with Crippen LogP contribution in [0.25, 0.3) is 0 Å². The van der Waals surface area contributed by atoms with Gasteiger partial charge < -0.3 is 15.1 Å². The third kappa shape index (κ3) is 3.33. The lowest BCUT2D eigenvalue weighted by Crippen LogP contribution is -2.23. The topological polar surface area (TPSA) is 74.2 Å². The van der Waals surface area contributed by atoms with Gasteiger partial charge in [0.05, 0.1) is 16.9 Å². The molecule has 0 saturated carbocycles. The number of amides is 1. The molecule has 1 N–H and O–H groups in total. The van der Waals surface area contributed by atoms with Crippen LogP contribution < -0.4 is 15.1 Å². The van der Waals surface area contributed by atoms with E-state index in [4.69, 9.17) is 0 Å². The first-order valence-electron chi connectivity index (χ1n) is 8.00. The molecule has 8 heteroatoms. The second-order valence-electron chi connectivity index (χ2n) is 6.10. The van der Waals surface area contributed by atoms with E-state index in [2.05, 4.69) is 25.2 Å². The Morgan fingerprint density at radius 3 is 2.54 bits per heavy atom. The molecule has 1 aliphatic heterocycles. The van der Waals surface area contributed by atoms with Crippen molar-refractivity contribution in [2.24, 2.45) is 0 Å². The summed E-state index contributed by atoms with van der Waals surface area (Å²) in [5.74, 6) is 1.26. The molecule has 0 unspecified atom stereocenters. The molecule has 1 saturated heterocycles. The summed E-state index contributed by atoms with van der Waals surface area (Å²) in [5.41, 5.74) is 1.36. The monoisotopic (exact) mass is 346 g/mol. The molecule has 0 atom stereocenters. The molecule has 3 rings (SSSR count). The summed E-state index contributed by atoms with van der Waals surface area (Å²) >= 11 is 1.39. The lowest BCUT2D eigenvalue weighted by atomic mass is 10.3. The van der Waals surface area contributed by atoms with E-state index < -0.39 is 0 Å². The van der Waals surface area contributed by atoms with Crippen molar-refractivity contribution in [3.8, 4) is 0 Å². The molecule has 128 valence electrons. The van der Waals surface area contributed by atoms with Crippen LogP contribution in [0.5, 0.6) is 0 Å². The molecule has 2 aromatic rings. The van der Waals surface area contributed by atoms with E-state index >= 15 is 0 Å². The standard InChI is InChI=1S/C16H22N6OS/c1-10-13(24-11(2)18-10)15(23)19-12-9-17-16(20-14(12)21(3)4)22-7-5-6-8-22/h9H,5-8H2,1-4H3,(H,19,23). The van der Waals surface area contributed by atoms with Crippen molar-refractivity contribution in [1.82, 2.24) is 15.0 Å². The Hall–Kier alpha value is -2.22. The predicted molar refractivity (Wildman–Crippen MR) is 97.3 cm³/mol. The molecule has 1 aliphatic rings. The summed E-state index contributed by atoms with van der Waals surface area (Å²) in [4.78, 5) is 30.6. The van der Waals surface area contributed by atoms with Crippen LogP contribution in [0.2, 0.25) is 0 Å². The number of thiazole rings is 1. The van der Waals surface area contributed by atoms with E-state index in [-0.39, 0.29) is 5.91 Å². The zero-order valence-electron chi connectivity index (χ0n) is 14.5. The minimum atomic E-state index is -0.168. The van der Waals surface area contributed by atoms with Gasteiger partial charge in [0.25, 0.3) is 5.91 Å². The minimum Gasteiger partial charge on any atom is -0.361 e. The third-order valence-electron chi connectivity index (χ3n) is 3.93. The molecule has 0 bridgehead atoms. The third-order valence-corrected chi connectivity index (χ3v) is 5.00. The van der Waals surface area contributed by atoms with Crippen molar-refractivity contribution >= 4 is 34.7 Å². The Labute approximate surface area is 145 Å². The van der Waals surface area contributed by atoms with Crippen molar-refractivity contribution in [3.05, 3.63) is 21.8 Å². The zero-order valence-corrected chi connectivity index (χ0v) is 15.3. The van der Waals surface area contributed by atoms with E-state index in [1.54, 1.807) is 6.20 Å². The number of hydrogen-bond donors (Lipinski definition) is 1. The first-order chi connectivity index (χ1) is 11.5. The highest BCUT2D eigenvalue weighted by atomic mass is 32.1. The van der Waals surface area contributed by atoms with Gasteiger partial charge in [0.15, 0.2) is 5.82 Å². The highest BCUT2D eigenvalue weighted by molar-refractivity contribution is 7.13. The summed E-state index contributed by atoms with van der Waals surface area (Å²) in [7, 11) is 3.82. The Morgan fingerprint density at radius 1 is 1.25 bits per heavy atom. The van der Waals surface area contributed by atoms with Gasteiger partial charge in [-0.1, -0.05) is 0 Å². The molecule has 7 nitrogen and oxygen atoms in total. The number of aryl methyl sites for hydroxylation is 2. The molecule has 24 heavy (non-hydrogen) atoms. The maximum atomic E-state index is 12.5. The molecular formula is C16H22N6OS. The molecule has 1 fully saturated rings. The van der Waals surface area contributed by atoms with Crippen molar-refractivity contribution < 1.29 is 4.79 Å². The van der Waals surface area contributed by atoms with Crippen LogP contribution in [0.15, 0.2) is 6.20 Å². The molecule has 0 aliphatic carbocycles.